The number of piperidine rings is 1. The van der Waals surface area contributed by atoms with E-state index in [1.54, 1.807) is 0 Å². The Kier molecular flexibility index (Phi) is 11.1. The molecule has 1 saturated heterocycles. The fraction of sp³-hybridized carbons (Fsp3) is 0.647. The van der Waals surface area contributed by atoms with E-state index < -0.39 is 12.0 Å². The van der Waals surface area contributed by atoms with Crippen LogP contribution in [0.2, 0.25) is 0 Å². The topological polar surface area (TPSA) is 111 Å². The van der Waals surface area contributed by atoms with Crippen LogP contribution < -0.4 is 5.32 Å². The number of para-hydroxylation sites is 1. The monoisotopic (exact) mass is 611 g/mol. The second-order valence-corrected chi connectivity index (χ2v) is 12.5. The predicted octanol–water partition coefficient (Wildman–Crippen LogP) is 3.70. The van der Waals surface area contributed by atoms with Crippen LogP contribution in [-0.4, -0.2) is 98.4 Å². The molecule has 0 saturated carbocycles. The SMILES string of the molecule is CC[C@@]12C=C(C(=O)N[C@@H](CC(C)C)C(=O)OCCOCCOCCOCCO)n3c4c(c5ccccc53)CCN(CCC1)[C@H]42. The standard InChI is InChI=1S/C34H49N3O7/c1-4-34-11-7-12-36-13-10-26-25-8-5-6-9-28(25)37(30(26)31(34)36)29(23-34)32(39)35-27(22-24(2)3)33(40)44-21-20-43-19-18-42-17-16-41-15-14-38/h5-6,8-9,23-24,27,31,38H,4,7,10-22H2,1-3H3,(H,35,39)/t27-,31+,34-/m0/s1. The lowest BCUT2D eigenvalue weighted by Crippen LogP contribution is -2.52. The molecule has 2 N–H and O–H groups in total. The molecule has 5 rings (SSSR count). The van der Waals surface area contributed by atoms with Gasteiger partial charge in [0.05, 0.1) is 57.8 Å². The van der Waals surface area contributed by atoms with Crippen LogP contribution in [0.1, 0.15) is 63.8 Å². The maximum Gasteiger partial charge on any atom is 0.328 e. The summed E-state index contributed by atoms with van der Waals surface area (Å²) in [6.07, 6.45) is 6.78. The van der Waals surface area contributed by atoms with Crippen molar-refractivity contribution < 1.29 is 33.6 Å². The summed E-state index contributed by atoms with van der Waals surface area (Å²) in [6.45, 7) is 10.7. The molecule has 4 heterocycles. The Morgan fingerprint density at radius 2 is 1.73 bits per heavy atom. The first-order valence-corrected chi connectivity index (χ1v) is 16.3. The molecule has 0 aliphatic carbocycles. The lowest BCUT2D eigenvalue weighted by Gasteiger charge is -2.53. The fourth-order valence-electron chi connectivity index (χ4n) is 7.27. The summed E-state index contributed by atoms with van der Waals surface area (Å²) >= 11 is 0. The summed E-state index contributed by atoms with van der Waals surface area (Å²) in [5.74, 6) is -0.501. The van der Waals surface area contributed by atoms with Crippen molar-refractivity contribution in [2.75, 3.05) is 65.9 Å². The van der Waals surface area contributed by atoms with Crippen LogP contribution in [0.25, 0.3) is 16.6 Å². The van der Waals surface area contributed by atoms with E-state index in [9.17, 15) is 9.59 Å². The lowest BCUT2D eigenvalue weighted by atomic mass is 9.66. The molecule has 3 aliphatic rings. The van der Waals surface area contributed by atoms with Crippen LogP contribution in [-0.2, 0) is 35.0 Å². The Hall–Kier alpha value is -2.76. The van der Waals surface area contributed by atoms with Gasteiger partial charge in [-0.05, 0) is 62.3 Å². The highest BCUT2D eigenvalue weighted by Gasteiger charge is 2.51. The Bertz CT molecular complexity index is 1320. The number of carbonyl (C=O) groups is 2. The van der Waals surface area contributed by atoms with Crippen molar-refractivity contribution in [1.29, 1.82) is 0 Å². The Balaban J connectivity index is 1.26. The molecule has 10 heteroatoms. The molecule has 3 atom stereocenters. The molecule has 0 unspecified atom stereocenters. The van der Waals surface area contributed by atoms with Crippen LogP contribution in [0.4, 0.5) is 0 Å². The third kappa shape index (κ3) is 6.89. The van der Waals surface area contributed by atoms with E-state index in [1.807, 2.05) is 19.9 Å². The number of hydrogen-bond acceptors (Lipinski definition) is 8. The highest BCUT2D eigenvalue weighted by atomic mass is 16.6. The first-order chi connectivity index (χ1) is 21.4. The van der Waals surface area contributed by atoms with E-state index >= 15 is 0 Å². The molecule has 2 aromatic rings. The Morgan fingerprint density at radius 1 is 1.02 bits per heavy atom. The van der Waals surface area contributed by atoms with Gasteiger partial charge in [0.25, 0.3) is 5.91 Å². The van der Waals surface area contributed by atoms with Crippen LogP contribution in [0.3, 0.4) is 0 Å². The first kappa shape index (κ1) is 32.6. The van der Waals surface area contributed by atoms with E-state index in [0.29, 0.717) is 45.2 Å². The summed E-state index contributed by atoms with van der Waals surface area (Å²) in [4.78, 5) is 30.1. The number of ether oxygens (including phenoxy) is 4. The highest BCUT2D eigenvalue weighted by Crippen LogP contribution is 2.57. The number of carbonyl (C=O) groups excluding carboxylic acids is 2. The van der Waals surface area contributed by atoms with Crippen molar-refractivity contribution in [1.82, 2.24) is 14.8 Å². The third-order valence-electron chi connectivity index (χ3n) is 9.23. The molecule has 0 radical (unpaired) electrons. The summed E-state index contributed by atoms with van der Waals surface area (Å²) in [5, 5.41) is 13.0. The van der Waals surface area contributed by atoms with Crippen molar-refractivity contribution in [2.45, 2.75) is 65.0 Å². The molecule has 1 aromatic heterocycles. The van der Waals surface area contributed by atoms with Crippen molar-refractivity contribution in [3.05, 3.63) is 41.6 Å². The minimum absolute atomic E-state index is 0.00762. The van der Waals surface area contributed by atoms with E-state index in [-0.39, 0.29) is 43.1 Å². The maximum absolute atomic E-state index is 14.2. The molecule has 1 fully saturated rings. The molecular formula is C34H49N3O7. The van der Waals surface area contributed by atoms with Crippen molar-refractivity contribution >= 4 is 28.5 Å². The number of nitrogens with one attached hydrogen (secondary N) is 1. The molecule has 3 aliphatic heterocycles. The number of fused-ring (bicyclic) bond motifs is 3. The molecule has 242 valence electrons. The summed E-state index contributed by atoms with van der Waals surface area (Å²) < 4.78 is 23.8. The van der Waals surface area contributed by atoms with Crippen LogP contribution >= 0.6 is 0 Å². The molecule has 1 aromatic carbocycles. The van der Waals surface area contributed by atoms with Gasteiger partial charge >= 0.3 is 5.97 Å². The number of hydrogen-bond donors (Lipinski definition) is 2. The van der Waals surface area contributed by atoms with Gasteiger partial charge in [-0.3, -0.25) is 9.69 Å². The van der Waals surface area contributed by atoms with Crippen LogP contribution in [0, 0.1) is 11.3 Å². The van der Waals surface area contributed by atoms with Gasteiger partial charge in [0.2, 0.25) is 0 Å². The second-order valence-electron chi connectivity index (χ2n) is 12.5. The van der Waals surface area contributed by atoms with Crippen molar-refractivity contribution in [2.24, 2.45) is 11.3 Å². The largest absolute Gasteiger partial charge is 0.462 e. The number of benzene rings is 1. The Morgan fingerprint density at radius 3 is 2.43 bits per heavy atom. The quantitative estimate of drug-likeness (QED) is 0.206. The number of nitrogens with zero attached hydrogens (tertiary/aromatic N) is 2. The summed E-state index contributed by atoms with van der Waals surface area (Å²) in [7, 11) is 0. The minimum Gasteiger partial charge on any atom is -0.462 e. The third-order valence-corrected chi connectivity index (χ3v) is 9.23. The van der Waals surface area contributed by atoms with Crippen LogP contribution in [0.5, 0.6) is 0 Å². The molecule has 10 nitrogen and oxygen atoms in total. The number of aromatic nitrogens is 1. The van der Waals surface area contributed by atoms with E-state index in [4.69, 9.17) is 24.1 Å². The van der Waals surface area contributed by atoms with E-state index in [0.717, 1.165) is 44.3 Å². The molecule has 1 amide bonds. The van der Waals surface area contributed by atoms with E-state index in [1.165, 1.54) is 16.6 Å². The second kappa shape index (κ2) is 15.0. The number of rotatable bonds is 17. The van der Waals surface area contributed by atoms with Crippen LogP contribution in [0.15, 0.2) is 30.3 Å². The Labute approximate surface area is 260 Å². The lowest BCUT2D eigenvalue weighted by molar-refractivity contribution is -0.149. The highest BCUT2D eigenvalue weighted by molar-refractivity contribution is 6.17. The summed E-state index contributed by atoms with van der Waals surface area (Å²) in [6, 6.07) is 7.90. The van der Waals surface area contributed by atoms with Gasteiger partial charge in [-0.25, -0.2) is 4.79 Å². The van der Waals surface area contributed by atoms with Gasteiger partial charge in [0.15, 0.2) is 0 Å². The van der Waals surface area contributed by atoms with Gasteiger partial charge in [0, 0.05) is 23.0 Å². The molecule has 44 heavy (non-hydrogen) atoms. The predicted molar refractivity (Wildman–Crippen MR) is 168 cm³/mol. The van der Waals surface area contributed by atoms with Crippen molar-refractivity contribution in [3.8, 4) is 0 Å². The fourth-order valence-corrected chi connectivity index (χ4v) is 7.27. The van der Waals surface area contributed by atoms with Gasteiger partial charge in [-0.15, -0.1) is 0 Å². The zero-order valence-corrected chi connectivity index (χ0v) is 26.5. The smallest absolute Gasteiger partial charge is 0.328 e. The number of aliphatic hydroxyl groups is 1. The van der Waals surface area contributed by atoms with Gasteiger partial charge in [0.1, 0.15) is 18.3 Å². The summed E-state index contributed by atoms with van der Waals surface area (Å²) in [5.41, 5.74) is 4.17. The van der Waals surface area contributed by atoms with Gasteiger partial charge in [-0.2, -0.15) is 0 Å². The minimum atomic E-state index is -0.763. The van der Waals surface area contributed by atoms with Gasteiger partial charge < -0.3 is 33.9 Å². The number of amides is 1. The average Bonchev–Trinajstić information content (AvgIpc) is 3.37. The molecular weight excluding hydrogens is 562 g/mol. The molecule has 0 bridgehead atoms. The zero-order chi connectivity index (χ0) is 31.1. The van der Waals surface area contributed by atoms with E-state index in [2.05, 4.69) is 46.0 Å². The zero-order valence-electron chi connectivity index (χ0n) is 26.5. The maximum atomic E-state index is 14.2. The molecule has 0 spiro atoms. The van der Waals surface area contributed by atoms with Gasteiger partial charge in [-0.1, -0.05) is 39.0 Å². The average molecular weight is 612 g/mol. The van der Waals surface area contributed by atoms with Crippen molar-refractivity contribution in [3.63, 3.8) is 0 Å². The normalized spacial score (nSPS) is 21.7. The number of esters is 1. The first-order valence-electron chi connectivity index (χ1n) is 16.3. The number of aliphatic hydroxyl groups excluding tert-OH is 1.